The first-order valence-corrected chi connectivity index (χ1v) is 6.99. The van der Waals surface area contributed by atoms with Crippen LogP contribution in [0.5, 0.6) is 0 Å². The average molecular weight is 248 g/mol. The molecule has 0 spiro atoms. The van der Waals surface area contributed by atoms with Crippen LogP contribution in [0.25, 0.3) is 0 Å². The molecule has 1 aliphatic carbocycles. The third-order valence-electron chi connectivity index (χ3n) is 4.30. The Hall–Kier alpha value is -1.25. The van der Waals surface area contributed by atoms with Gasteiger partial charge in [0, 0.05) is 30.9 Å². The maximum atomic E-state index is 11.9. The van der Waals surface area contributed by atoms with E-state index in [2.05, 4.69) is 36.8 Å². The topological polar surface area (TPSA) is 34.0 Å². The van der Waals surface area contributed by atoms with Crippen LogP contribution in [0.1, 0.15) is 42.6 Å². The molecule has 0 unspecified atom stereocenters. The van der Waals surface area contributed by atoms with Crippen LogP contribution in [-0.4, -0.2) is 17.0 Å². The Morgan fingerprint density at radius 2 is 2.06 bits per heavy atom. The molecule has 0 bridgehead atoms. The number of rotatable bonds is 4. The highest BCUT2D eigenvalue weighted by Gasteiger charge is 2.22. The summed E-state index contributed by atoms with van der Waals surface area (Å²) in [7, 11) is 2.09. The first-order valence-electron chi connectivity index (χ1n) is 6.99. The van der Waals surface area contributed by atoms with Gasteiger partial charge in [0.25, 0.3) is 0 Å². The molecule has 100 valence electrons. The molecule has 0 aromatic carbocycles. The van der Waals surface area contributed by atoms with Gasteiger partial charge in [0.1, 0.15) is 0 Å². The zero-order valence-corrected chi connectivity index (χ0v) is 11.8. The largest absolute Gasteiger partial charge is 0.356 e. The van der Waals surface area contributed by atoms with Gasteiger partial charge in [-0.05, 0) is 44.7 Å². The fraction of sp³-hybridized carbons (Fsp3) is 0.667. The van der Waals surface area contributed by atoms with Crippen molar-refractivity contribution in [2.45, 2.75) is 46.0 Å². The lowest BCUT2D eigenvalue weighted by molar-refractivity contribution is -0.124. The molecule has 1 heterocycles. The van der Waals surface area contributed by atoms with E-state index in [0.717, 1.165) is 25.8 Å². The summed E-state index contributed by atoms with van der Waals surface area (Å²) >= 11 is 0. The molecule has 1 saturated carbocycles. The second-order valence-electron chi connectivity index (χ2n) is 5.48. The summed E-state index contributed by atoms with van der Waals surface area (Å²) in [6.45, 7) is 5.02. The van der Waals surface area contributed by atoms with Crippen LogP contribution < -0.4 is 5.32 Å². The van der Waals surface area contributed by atoms with Crippen molar-refractivity contribution >= 4 is 5.91 Å². The maximum absolute atomic E-state index is 11.9. The van der Waals surface area contributed by atoms with Crippen molar-refractivity contribution in [3.05, 3.63) is 23.0 Å². The van der Waals surface area contributed by atoms with E-state index >= 15 is 0 Å². The first kappa shape index (κ1) is 13.2. The molecule has 1 N–H and O–H groups in total. The molecule has 3 nitrogen and oxygen atoms in total. The predicted molar refractivity (Wildman–Crippen MR) is 73.6 cm³/mol. The van der Waals surface area contributed by atoms with Gasteiger partial charge >= 0.3 is 0 Å². The SMILES string of the molecule is Cc1cc(CCNC(=O)C2CCCC2)c(C)n1C. The fourth-order valence-corrected chi connectivity index (χ4v) is 2.84. The van der Waals surface area contributed by atoms with Gasteiger partial charge in [-0.1, -0.05) is 12.8 Å². The highest BCUT2D eigenvalue weighted by atomic mass is 16.1. The van der Waals surface area contributed by atoms with E-state index in [9.17, 15) is 4.79 Å². The van der Waals surface area contributed by atoms with Gasteiger partial charge in [0.05, 0.1) is 0 Å². The minimum Gasteiger partial charge on any atom is -0.356 e. The van der Waals surface area contributed by atoms with Crippen LogP contribution >= 0.6 is 0 Å². The van der Waals surface area contributed by atoms with Gasteiger partial charge in [-0.25, -0.2) is 0 Å². The molecule has 1 fully saturated rings. The molecule has 1 aromatic rings. The number of nitrogens with zero attached hydrogens (tertiary/aromatic N) is 1. The normalized spacial score (nSPS) is 16.2. The van der Waals surface area contributed by atoms with E-state index in [-0.39, 0.29) is 11.8 Å². The monoisotopic (exact) mass is 248 g/mol. The van der Waals surface area contributed by atoms with E-state index in [1.807, 2.05) is 0 Å². The number of amides is 1. The smallest absolute Gasteiger partial charge is 0.223 e. The molecular formula is C15H24N2O. The van der Waals surface area contributed by atoms with Gasteiger partial charge in [0.2, 0.25) is 5.91 Å². The van der Waals surface area contributed by atoms with Gasteiger partial charge in [-0.2, -0.15) is 0 Å². The van der Waals surface area contributed by atoms with Crippen molar-refractivity contribution in [1.29, 1.82) is 0 Å². The van der Waals surface area contributed by atoms with Gasteiger partial charge in [0.15, 0.2) is 0 Å². The molecule has 0 atom stereocenters. The molecule has 3 heteroatoms. The molecular weight excluding hydrogens is 224 g/mol. The Morgan fingerprint density at radius 3 is 2.61 bits per heavy atom. The molecule has 0 aliphatic heterocycles. The van der Waals surface area contributed by atoms with Crippen LogP contribution in [0.15, 0.2) is 6.07 Å². The van der Waals surface area contributed by atoms with E-state index in [4.69, 9.17) is 0 Å². The quantitative estimate of drug-likeness (QED) is 0.872. The average Bonchev–Trinajstić information content (AvgIpc) is 2.95. The second kappa shape index (κ2) is 5.59. The van der Waals surface area contributed by atoms with Crippen molar-refractivity contribution in [3.8, 4) is 0 Å². The Bertz CT molecular complexity index is 428. The summed E-state index contributed by atoms with van der Waals surface area (Å²) in [6, 6.07) is 2.22. The first-order chi connectivity index (χ1) is 8.59. The Balaban J connectivity index is 1.81. The van der Waals surface area contributed by atoms with Crippen molar-refractivity contribution in [2.24, 2.45) is 13.0 Å². The zero-order chi connectivity index (χ0) is 13.1. The van der Waals surface area contributed by atoms with Crippen molar-refractivity contribution in [3.63, 3.8) is 0 Å². The number of hydrogen-bond acceptors (Lipinski definition) is 1. The van der Waals surface area contributed by atoms with Crippen LogP contribution in [0.4, 0.5) is 0 Å². The number of hydrogen-bond donors (Lipinski definition) is 1. The third kappa shape index (κ3) is 2.77. The van der Waals surface area contributed by atoms with Gasteiger partial charge < -0.3 is 9.88 Å². The summed E-state index contributed by atoms with van der Waals surface area (Å²) in [5.74, 6) is 0.543. The minimum absolute atomic E-state index is 0.262. The number of nitrogens with one attached hydrogen (secondary N) is 1. The van der Waals surface area contributed by atoms with Crippen LogP contribution in [0, 0.1) is 19.8 Å². The third-order valence-corrected chi connectivity index (χ3v) is 4.30. The zero-order valence-electron chi connectivity index (χ0n) is 11.8. The lowest BCUT2D eigenvalue weighted by atomic mass is 10.1. The highest BCUT2D eigenvalue weighted by molar-refractivity contribution is 5.78. The minimum atomic E-state index is 0.262. The maximum Gasteiger partial charge on any atom is 0.223 e. The molecule has 0 radical (unpaired) electrons. The van der Waals surface area contributed by atoms with E-state index in [1.165, 1.54) is 29.8 Å². The van der Waals surface area contributed by atoms with Crippen LogP contribution in [0.2, 0.25) is 0 Å². The van der Waals surface area contributed by atoms with E-state index in [1.54, 1.807) is 0 Å². The van der Waals surface area contributed by atoms with Crippen LogP contribution in [0.3, 0.4) is 0 Å². The Labute approximate surface area is 110 Å². The lowest BCUT2D eigenvalue weighted by Crippen LogP contribution is -2.31. The standard InChI is InChI=1S/C15H24N2O/c1-11-10-14(12(2)17(11)3)8-9-16-15(18)13-6-4-5-7-13/h10,13H,4-9H2,1-3H3,(H,16,18). The number of carbonyl (C=O) groups excluding carboxylic acids is 1. The number of aryl methyl sites for hydroxylation is 1. The Kier molecular flexibility index (Phi) is 4.10. The molecule has 1 aliphatic rings. The van der Waals surface area contributed by atoms with Crippen molar-refractivity contribution < 1.29 is 4.79 Å². The summed E-state index contributed by atoms with van der Waals surface area (Å²) < 4.78 is 2.20. The molecule has 18 heavy (non-hydrogen) atoms. The second-order valence-corrected chi connectivity index (χ2v) is 5.48. The molecule has 2 rings (SSSR count). The van der Waals surface area contributed by atoms with Crippen molar-refractivity contribution in [2.75, 3.05) is 6.54 Å². The van der Waals surface area contributed by atoms with Crippen molar-refractivity contribution in [1.82, 2.24) is 9.88 Å². The summed E-state index contributed by atoms with van der Waals surface area (Å²) in [6.07, 6.45) is 5.53. The van der Waals surface area contributed by atoms with Gasteiger partial charge in [-0.3, -0.25) is 4.79 Å². The lowest BCUT2D eigenvalue weighted by Gasteiger charge is -2.10. The summed E-state index contributed by atoms with van der Waals surface area (Å²) in [5, 5.41) is 3.08. The van der Waals surface area contributed by atoms with Gasteiger partial charge in [-0.15, -0.1) is 0 Å². The molecule has 1 aromatic heterocycles. The van der Waals surface area contributed by atoms with Crippen LogP contribution in [-0.2, 0) is 18.3 Å². The molecule has 1 amide bonds. The summed E-state index contributed by atoms with van der Waals surface area (Å²) in [5.41, 5.74) is 3.94. The highest BCUT2D eigenvalue weighted by Crippen LogP contribution is 2.24. The van der Waals surface area contributed by atoms with E-state index < -0.39 is 0 Å². The number of carbonyl (C=O) groups is 1. The molecule has 0 saturated heterocycles. The predicted octanol–water partition coefficient (Wildman–Crippen LogP) is 2.49. The number of aromatic nitrogens is 1. The Morgan fingerprint density at radius 1 is 1.39 bits per heavy atom. The summed E-state index contributed by atoms with van der Waals surface area (Å²) in [4.78, 5) is 11.9. The van der Waals surface area contributed by atoms with E-state index in [0.29, 0.717) is 0 Å². The fourth-order valence-electron chi connectivity index (χ4n) is 2.84.